The molecule has 1 aliphatic heterocycles. The number of aromatic nitrogens is 1. The molecule has 1 aliphatic rings. The molecule has 0 bridgehead atoms. The number of amides is 1. The largest absolute Gasteiger partial charge is 0.429 e. The lowest BCUT2D eigenvalue weighted by Crippen LogP contribution is -2.39. The third kappa shape index (κ3) is 3.48. The van der Waals surface area contributed by atoms with Gasteiger partial charge in [-0.1, -0.05) is 0 Å². The molecule has 1 fully saturated rings. The normalized spacial score (nSPS) is 16.9. The van der Waals surface area contributed by atoms with Crippen LogP contribution in [0.25, 0.3) is 0 Å². The van der Waals surface area contributed by atoms with Gasteiger partial charge in [-0.05, 0) is 49.2 Å². The number of hydrogen-bond acceptors (Lipinski definition) is 5. The number of anilines is 2. The summed E-state index contributed by atoms with van der Waals surface area (Å²) < 4.78 is 4.79. The van der Waals surface area contributed by atoms with E-state index in [9.17, 15) is 9.59 Å². The van der Waals surface area contributed by atoms with Crippen LogP contribution in [-0.4, -0.2) is 29.9 Å². The van der Waals surface area contributed by atoms with Crippen molar-refractivity contribution in [1.29, 1.82) is 0 Å². The molecule has 1 amide bonds. The summed E-state index contributed by atoms with van der Waals surface area (Å²) in [5.41, 5.74) is 1.63. The van der Waals surface area contributed by atoms with Gasteiger partial charge in [0.2, 0.25) is 5.91 Å². The van der Waals surface area contributed by atoms with Crippen LogP contribution < -0.4 is 15.0 Å². The maximum absolute atomic E-state index is 12.5. The van der Waals surface area contributed by atoms with Crippen LogP contribution in [-0.2, 0) is 9.59 Å². The first-order valence-electron chi connectivity index (χ1n) is 7.46. The third-order valence-corrected chi connectivity index (χ3v) is 3.84. The van der Waals surface area contributed by atoms with Crippen molar-refractivity contribution in [3.63, 3.8) is 0 Å². The Morgan fingerprint density at radius 2 is 2.13 bits per heavy atom. The van der Waals surface area contributed by atoms with E-state index in [4.69, 9.17) is 4.74 Å². The van der Waals surface area contributed by atoms with Crippen molar-refractivity contribution in [2.24, 2.45) is 0 Å². The van der Waals surface area contributed by atoms with Gasteiger partial charge >= 0.3 is 0 Å². The van der Waals surface area contributed by atoms with E-state index in [2.05, 4.69) is 15.2 Å². The van der Waals surface area contributed by atoms with E-state index < -0.39 is 0 Å². The fraction of sp³-hybridized carbons (Fsp3) is 0.235. The number of ether oxygens (including phenoxy) is 1. The molecule has 1 N–H and O–H groups in total. The number of nitrogens with one attached hydrogen (secondary N) is 1. The van der Waals surface area contributed by atoms with E-state index >= 15 is 0 Å². The van der Waals surface area contributed by atoms with Crippen LogP contribution in [0.2, 0.25) is 0 Å². The van der Waals surface area contributed by atoms with Crippen molar-refractivity contribution >= 4 is 23.8 Å². The Kier molecular flexibility index (Phi) is 4.52. The Morgan fingerprint density at radius 3 is 2.83 bits per heavy atom. The Balaban J connectivity index is 1.71. The lowest BCUT2D eigenvalue weighted by Gasteiger charge is -2.26. The Morgan fingerprint density at radius 1 is 1.30 bits per heavy atom. The highest BCUT2D eigenvalue weighted by Crippen LogP contribution is 2.28. The van der Waals surface area contributed by atoms with Crippen LogP contribution >= 0.6 is 0 Å². The fourth-order valence-corrected chi connectivity index (χ4v) is 2.78. The summed E-state index contributed by atoms with van der Waals surface area (Å²) in [5.74, 6) is 0.447. The first-order valence-corrected chi connectivity index (χ1v) is 7.46. The molecule has 3 rings (SSSR count). The number of carbonyl (C=O) groups excluding carboxylic acids is 2. The van der Waals surface area contributed by atoms with E-state index in [-0.39, 0.29) is 11.9 Å². The maximum Gasteiger partial charge on any atom is 0.298 e. The van der Waals surface area contributed by atoms with Crippen molar-refractivity contribution in [2.75, 3.05) is 16.8 Å². The minimum atomic E-state index is -0.215. The predicted molar refractivity (Wildman–Crippen MR) is 86.4 cm³/mol. The molecule has 2 aromatic rings. The van der Waals surface area contributed by atoms with Crippen molar-refractivity contribution in [1.82, 2.24) is 4.98 Å². The van der Waals surface area contributed by atoms with Gasteiger partial charge < -0.3 is 15.0 Å². The number of hydrogen-bond donors (Lipinski definition) is 1. The molecule has 0 spiro atoms. The molecular weight excluding hydrogens is 294 g/mol. The van der Waals surface area contributed by atoms with E-state index in [1.807, 2.05) is 18.2 Å². The second-order valence-electron chi connectivity index (χ2n) is 5.29. The zero-order chi connectivity index (χ0) is 16.1. The molecule has 0 radical (unpaired) electrons. The van der Waals surface area contributed by atoms with Gasteiger partial charge in [-0.3, -0.25) is 14.6 Å². The first kappa shape index (κ1) is 15.0. The van der Waals surface area contributed by atoms with Crippen LogP contribution in [0.5, 0.6) is 5.75 Å². The molecule has 0 aliphatic carbocycles. The van der Waals surface area contributed by atoms with Crippen molar-refractivity contribution in [3.05, 3.63) is 48.8 Å². The first-order chi connectivity index (χ1) is 11.3. The molecular formula is C17H17N3O3. The average molecular weight is 311 g/mol. The molecule has 6 nitrogen and oxygen atoms in total. The number of pyridine rings is 1. The standard InChI is InChI=1S/C17H17N3O3/c21-12-23-15-7-5-14(6-8-15)20-10-2-4-16(20)17(22)19-13-3-1-9-18-11-13/h1,3,5-9,11-12,16H,2,4,10H2,(H,19,22). The Bertz CT molecular complexity index is 673. The number of carbonyl (C=O) groups is 2. The van der Waals surface area contributed by atoms with Gasteiger partial charge in [0.1, 0.15) is 11.8 Å². The lowest BCUT2D eigenvalue weighted by atomic mass is 10.2. The maximum atomic E-state index is 12.5. The molecule has 1 saturated heterocycles. The van der Waals surface area contributed by atoms with E-state index in [1.54, 1.807) is 30.6 Å². The Labute approximate surface area is 134 Å². The zero-order valence-corrected chi connectivity index (χ0v) is 12.5. The number of rotatable bonds is 5. The molecule has 118 valence electrons. The second-order valence-corrected chi connectivity index (χ2v) is 5.29. The summed E-state index contributed by atoms with van der Waals surface area (Å²) >= 11 is 0. The monoisotopic (exact) mass is 311 g/mol. The topological polar surface area (TPSA) is 71.5 Å². The molecule has 1 aromatic heterocycles. The van der Waals surface area contributed by atoms with Crippen LogP contribution in [0.1, 0.15) is 12.8 Å². The molecule has 2 heterocycles. The molecule has 0 saturated carbocycles. The number of benzene rings is 1. The molecule has 6 heteroatoms. The molecule has 1 atom stereocenters. The molecule has 23 heavy (non-hydrogen) atoms. The van der Waals surface area contributed by atoms with Crippen molar-refractivity contribution < 1.29 is 14.3 Å². The summed E-state index contributed by atoms with van der Waals surface area (Å²) in [5, 5.41) is 2.90. The number of nitrogens with zero attached hydrogens (tertiary/aromatic N) is 2. The quantitative estimate of drug-likeness (QED) is 0.857. The van der Waals surface area contributed by atoms with E-state index in [0.717, 1.165) is 25.1 Å². The predicted octanol–water partition coefficient (Wildman–Crippen LogP) is 2.22. The zero-order valence-electron chi connectivity index (χ0n) is 12.5. The summed E-state index contributed by atoms with van der Waals surface area (Å²) in [6.45, 7) is 1.22. The lowest BCUT2D eigenvalue weighted by molar-refractivity contribution is -0.120. The highest BCUT2D eigenvalue weighted by Gasteiger charge is 2.30. The van der Waals surface area contributed by atoms with Gasteiger partial charge in [-0.2, -0.15) is 0 Å². The van der Waals surface area contributed by atoms with E-state index in [1.165, 1.54) is 0 Å². The third-order valence-electron chi connectivity index (χ3n) is 3.84. The van der Waals surface area contributed by atoms with Crippen LogP contribution in [0.15, 0.2) is 48.8 Å². The summed E-state index contributed by atoms with van der Waals surface area (Å²) in [7, 11) is 0. The molecule has 1 aromatic carbocycles. The van der Waals surface area contributed by atoms with Crippen molar-refractivity contribution in [3.8, 4) is 5.75 Å². The van der Waals surface area contributed by atoms with Crippen LogP contribution in [0.3, 0.4) is 0 Å². The summed E-state index contributed by atoms with van der Waals surface area (Å²) in [6.07, 6.45) is 5.06. The van der Waals surface area contributed by atoms with Gasteiger partial charge in [0.15, 0.2) is 0 Å². The minimum Gasteiger partial charge on any atom is -0.429 e. The minimum absolute atomic E-state index is 0.0382. The smallest absolute Gasteiger partial charge is 0.298 e. The van der Waals surface area contributed by atoms with E-state index in [0.29, 0.717) is 17.9 Å². The molecule has 1 unspecified atom stereocenters. The fourth-order valence-electron chi connectivity index (χ4n) is 2.78. The van der Waals surface area contributed by atoms with Gasteiger partial charge in [0, 0.05) is 18.4 Å². The Hall–Kier alpha value is -2.89. The van der Waals surface area contributed by atoms with Crippen molar-refractivity contribution in [2.45, 2.75) is 18.9 Å². The van der Waals surface area contributed by atoms with Gasteiger partial charge in [-0.25, -0.2) is 0 Å². The summed E-state index contributed by atoms with van der Waals surface area (Å²) in [6, 6.07) is 10.5. The van der Waals surface area contributed by atoms with Gasteiger partial charge in [-0.15, -0.1) is 0 Å². The van der Waals surface area contributed by atoms with Gasteiger partial charge in [0.25, 0.3) is 6.47 Å². The van der Waals surface area contributed by atoms with Gasteiger partial charge in [0.05, 0.1) is 11.9 Å². The highest BCUT2D eigenvalue weighted by molar-refractivity contribution is 5.97. The summed E-state index contributed by atoms with van der Waals surface area (Å²) in [4.78, 5) is 28.9. The second kappa shape index (κ2) is 6.91. The van der Waals surface area contributed by atoms with Crippen LogP contribution in [0.4, 0.5) is 11.4 Å². The highest BCUT2D eigenvalue weighted by atomic mass is 16.5. The SMILES string of the molecule is O=COc1ccc(N2CCCC2C(=O)Nc2cccnc2)cc1. The van der Waals surface area contributed by atoms with Crippen LogP contribution in [0, 0.1) is 0 Å². The average Bonchev–Trinajstić information content (AvgIpc) is 3.06.